The monoisotopic (exact) mass is 252 g/mol. The van der Waals surface area contributed by atoms with Crippen molar-refractivity contribution in [1.82, 2.24) is 10.2 Å². The Hall–Kier alpha value is -1.42. The number of hydrogen-bond acceptors (Lipinski definition) is 2. The van der Waals surface area contributed by atoms with E-state index in [1.165, 1.54) is 12.1 Å². The van der Waals surface area contributed by atoms with Crippen LogP contribution in [0.5, 0.6) is 0 Å². The van der Waals surface area contributed by atoms with Gasteiger partial charge in [0.25, 0.3) is 5.91 Å². The van der Waals surface area contributed by atoms with Crippen LogP contribution in [0.1, 0.15) is 29.3 Å². The van der Waals surface area contributed by atoms with E-state index in [9.17, 15) is 9.18 Å². The van der Waals surface area contributed by atoms with Crippen LogP contribution >= 0.6 is 0 Å². The zero-order valence-electron chi connectivity index (χ0n) is 11.5. The maximum absolute atomic E-state index is 13.1. The molecule has 0 radical (unpaired) electrons. The van der Waals surface area contributed by atoms with Gasteiger partial charge < -0.3 is 10.2 Å². The number of carbonyl (C=O) groups is 1. The summed E-state index contributed by atoms with van der Waals surface area (Å²) in [5.41, 5.74) is 0.995. The molecule has 100 valence electrons. The van der Waals surface area contributed by atoms with Crippen molar-refractivity contribution in [3.8, 4) is 0 Å². The molecule has 1 unspecified atom stereocenters. The van der Waals surface area contributed by atoms with E-state index in [-0.39, 0.29) is 17.8 Å². The topological polar surface area (TPSA) is 32.3 Å². The molecule has 1 N–H and O–H groups in total. The number of aryl methyl sites for hydroxylation is 1. The van der Waals surface area contributed by atoms with Crippen molar-refractivity contribution in [3.05, 3.63) is 35.1 Å². The highest BCUT2D eigenvalue weighted by Crippen LogP contribution is 2.09. The van der Waals surface area contributed by atoms with Gasteiger partial charge in [-0.1, -0.05) is 0 Å². The molecule has 0 saturated carbocycles. The van der Waals surface area contributed by atoms with E-state index < -0.39 is 0 Å². The first-order valence-corrected chi connectivity index (χ1v) is 6.12. The largest absolute Gasteiger partial charge is 0.350 e. The van der Waals surface area contributed by atoms with Crippen LogP contribution in [0, 0.1) is 12.7 Å². The standard InChI is InChI=1S/C14H21FN2O/c1-10-9-12(5-6-13(10)15)14(18)16-11(2)7-8-17(3)4/h5-6,9,11H,7-8H2,1-4H3,(H,16,18). The Bertz CT molecular complexity index is 418. The van der Waals surface area contributed by atoms with E-state index >= 15 is 0 Å². The molecule has 1 rings (SSSR count). The summed E-state index contributed by atoms with van der Waals surface area (Å²) in [7, 11) is 4.00. The van der Waals surface area contributed by atoms with Crippen molar-refractivity contribution in [3.63, 3.8) is 0 Å². The maximum atomic E-state index is 13.1. The minimum absolute atomic E-state index is 0.102. The van der Waals surface area contributed by atoms with Gasteiger partial charge in [0, 0.05) is 11.6 Å². The zero-order chi connectivity index (χ0) is 13.7. The van der Waals surface area contributed by atoms with E-state index in [0.29, 0.717) is 11.1 Å². The number of hydrogen-bond donors (Lipinski definition) is 1. The summed E-state index contributed by atoms with van der Waals surface area (Å²) in [6.45, 7) is 4.54. The summed E-state index contributed by atoms with van der Waals surface area (Å²) < 4.78 is 13.1. The predicted molar refractivity (Wildman–Crippen MR) is 71.2 cm³/mol. The Balaban J connectivity index is 2.56. The quantitative estimate of drug-likeness (QED) is 0.871. The molecular weight excluding hydrogens is 231 g/mol. The fourth-order valence-electron chi connectivity index (χ4n) is 1.62. The summed E-state index contributed by atoms with van der Waals surface area (Å²) >= 11 is 0. The Morgan fingerprint density at radius 1 is 1.44 bits per heavy atom. The maximum Gasteiger partial charge on any atom is 0.251 e. The third-order valence-electron chi connectivity index (χ3n) is 2.81. The molecule has 0 heterocycles. The van der Waals surface area contributed by atoms with Crippen LogP contribution < -0.4 is 5.32 Å². The minimum atomic E-state index is -0.285. The first kappa shape index (κ1) is 14.6. The summed E-state index contributed by atoms with van der Waals surface area (Å²) in [6, 6.07) is 4.51. The zero-order valence-corrected chi connectivity index (χ0v) is 11.5. The molecule has 18 heavy (non-hydrogen) atoms. The van der Waals surface area contributed by atoms with Crippen LogP contribution in [0.3, 0.4) is 0 Å². The lowest BCUT2D eigenvalue weighted by Gasteiger charge is -2.16. The first-order valence-electron chi connectivity index (χ1n) is 6.12. The molecule has 0 aliphatic carbocycles. The number of rotatable bonds is 5. The van der Waals surface area contributed by atoms with Crippen molar-refractivity contribution in [2.75, 3.05) is 20.6 Å². The first-order chi connectivity index (χ1) is 8.40. The normalized spacial score (nSPS) is 12.6. The molecule has 0 aromatic heterocycles. The van der Waals surface area contributed by atoms with Gasteiger partial charge in [-0.15, -0.1) is 0 Å². The second kappa shape index (κ2) is 6.50. The van der Waals surface area contributed by atoms with Gasteiger partial charge in [-0.3, -0.25) is 4.79 Å². The lowest BCUT2D eigenvalue weighted by atomic mass is 10.1. The highest BCUT2D eigenvalue weighted by atomic mass is 19.1. The van der Waals surface area contributed by atoms with Crippen LogP contribution in [0.2, 0.25) is 0 Å². The van der Waals surface area contributed by atoms with Crippen LogP contribution in [0.4, 0.5) is 4.39 Å². The van der Waals surface area contributed by atoms with Crippen molar-refractivity contribution >= 4 is 5.91 Å². The molecule has 0 aliphatic rings. The highest BCUT2D eigenvalue weighted by molar-refractivity contribution is 5.94. The average Bonchev–Trinajstić information content (AvgIpc) is 2.30. The molecule has 1 aromatic rings. The summed E-state index contributed by atoms with van der Waals surface area (Å²) in [6.07, 6.45) is 0.888. The number of carbonyl (C=O) groups excluding carboxylic acids is 1. The smallest absolute Gasteiger partial charge is 0.251 e. The molecule has 0 aliphatic heterocycles. The second-order valence-electron chi connectivity index (χ2n) is 4.93. The van der Waals surface area contributed by atoms with Crippen molar-refractivity contribution in [2.45, 2.75) is 26.3 Å². The molecule has 3 nitrogen and oxygen atoms in total. The van der Waals surface area contributed by atoms with Gasteiger partial charge in [0.05, 0.1) is 0 Å². The number of benzene rings is 1. The fraction of sp³-hybridized carbons (Fsp3) is 0.500. The molecule has 0 bridgehead atoms. The average molecular weight is 252 g/mol. The van der Waals surface area contributed by atoms with Gasteiger partial charge in [-0.2, -0.15) is 0 Å². The Labute approximate surface area is 108 Å². The van der Waals surface area contributed by atoms with E-state index in [0.717, 1.165) is 13.0 Å². The third-order valence-corrected chi connectivity index (χ3v) is 2.81. The van der Waals surface area contributed by atoms with Gasteiger partial charge in [0.1, 0.15) is 5.82 Å². The molecule has 1 amide bonds. The Morgan fingerprint density at radius 2 is 2.11 bits per heavy atom. The van der Waals surface area contributed by atoms with Gasteiger partial charge in [0.2, 0.25) is 0 Å². The van der Waals surface area contributed by atoms with E-state index in [1.54, 1.807) is 13.0 Å². The van der Waals surface area contributed by atoms with Crippen LogP contribution in [0.25, 0.3) is 0 Å². The summed E-state index contributed by atoms with van der Waals surface area (Å²) in [5.74, 6) is -0.434. The van der Waals surface area contributed by atoms with E-state index in [4.69, 9.17) is 0 Å². The van der Waals surface area contributed by atoms with Gasteiger partial charge in [-0.05, 0) is 64.7 Å². The van der Waals surface area contributed by atoms with Crippen LogP contribution in [-0.2, 0) is 0 Å². The van der Waals surface area contributed by atoms with Gasteiger partial charge >= 0.3 is 0 Å². The molecule has 4 heteroatoms. The van der Waals surface area contributed by atoms with Crippen molar-refractivity contribution in [1.29, 1.82) is 0 Å². The lowest BCUT2D eigenvalue weighted by Crippen LogP contribution is -2.34. The minimum Gasteiger partial charge on any atom is -0.350 e. The van der Waals surface area contributed by atoms with E-state index in [1.807, 2.05) is 21.0 Å². The summed E-state index contributed by atoms with van der Waals surface area (Å²) in [4.78, 5) is 14.0. The lowest BCUT2D eigenvalue weighted by molar-refractivity contribution is 0.0936. The van der Waals surface area contributed by atoms with Crippen LogP contribution in [0.15, 0.2) is 18.2 Å². The van der Waals surface area contributed by atoms with Crippen molar-refractivity contribution < 1.29 is 9.18 Å². The van der Waals surface area contributed by atoms with Crippen molar-refractivity contribution in [2.24, 2.45) is 0 Å². The fourth-order valence-corrected chi connectivity index (χ4v) is 1.62. The SMILES string of the molecule is Cc1cc(C(=O)NC(C)CCN(C)C)ccc1F. The Kier molecular flexibility index (Phi) is 5.28. The molecule has 0 spiro atoms. The number of nitrogens with zero attached hydrogens (tertiary/aromatic N) is 1. The number of nitrogens with one attached hydrogen (secondary N) is 1. The Morgan fingerprint density at radius 3 is 2.67 bits per heavy atom. The van der Waals surface area contributed by atoms with E-state index in [2.05, 4.69) is 10.2 Å². The summed E-state index contributed by atoms with van der Waals surface area (Å²) in [5, 5.41) is 2.91. The molecular formula is C14H21FN2O. The molecule has 0 fully saturated rings. The predicted octanol–water partition coefficient (Wildman–Crippen LogP) is 2.20. The third kappa shape index (κ3) is 4.45. The molecule has 1 atom stereocenters. The van der Waals surface area contributed by atoms with Gasteiger partial charge in [0.15, 0.2) is 0 Å². The number of amides is 1. The molecule has 0 saturated heterocycles. The van der Waals surface area contributed by atoms with Crippen LogP contribution in [-0.4, -0.2) is 37.5 Å². The highest BCUT2D eigenvalue weighted by Gasteiger charge is 2.11. The molecule has 1 aromatic carbocycles. The second-order valence-corrected chi connectivity index (χ2v) is 4.93. The van der Waals surface area contributed by atoms with Gasteiger partial charge in [-0.25, -0.2) is 4.39 Å². The number of halogens is 1.